The molecule has 2 heterocycles. The molecule has 0 spiro atoms. The number of halogens is 1. The minimum Gasteiger partial charge on any atom is -0.361 e. The van der Waals surface area contributed by atoms with Crippen LogP contribution in [0.15, 0.2) is 79.1 Å². The Bertz CT molecular complexity index is 1060. The molecule has 0 fully saturated rings. The molecular weight excluding hydrogens is 358 g/mol. The molecule has 0 saturated carbocycles. The summed E-state index contributed by atoms with van der Waals surface area (Å²) in [6.45, 7) is 0.479. The lowest BCUT2D eigenvalue weighted by atomic mass is 9.91. The highest BCUT2D eigenvalue weighted by molar-refractivity contribution is 6.29. The number of pyridine rings is 1. The molecule has 5 heteroatoms. The molecule has 2 N–H and O–H groups in total. The summed E-state index contributed by atoms with van der Waals surface area (Å²) in [7, 11) is 0. The third kappa shape index (κ3) is 3.71. The van der Waals surface area contributed by atoms with Gasteiger partial charge in [0, 0.05) is 35.8 Å². The number of carbonyl (C=O) groups is 1. The number of hydrogen-bond acceptors (Lipinski definition) is 2. The molecule has 1 atom stereocenters. The van der Waals surface area contributed by atoms with Crippen molar-refractivity contribution in [2.45, 2.75) is 5.92 Å². The lowest BCUT2D eigenvalue weighted by Crippen LogP contribution is -2.29. The lowest BCUT2D eigenvalue weighted by molar-refractivity contribution is 0.0952. The first-order valence-corrected chi connectivity index (χ1v) is 9.11. The number of carbonyl (C=O) groups excluding carboxylic acids is 1. The van der Waals surface area contributed by atoms with Crippen molar-refractivity contribution in [3.05, 3.63) is 101 Å². The Morgan fingerprint density at radius 3 is 2.59 bits per heavy atom. The molecule has 4 nitrogen and oxygen atoms in total. The maximum atomic E-state index is 12.5. The van der Waals surface area contributed by atoms with E-state index >= 15 is 0 Å². The van der Waals surface area contributed by atoms with E-state index in [1.807, 2.05) is 36.5 Å². The highest BCUT2D eigenvalue weighted by atomic mass is 35.5. The van der Waals surface area contributed by atoms with Gasteiger partial charge >= 0.3 is 0 Å². The van der Waals surface area contributed by atoms with E-state index < -0.39 is 0 Å². The molecule has 0 radical (unpaired) electrons. The Hall–Kier alpha value is -3.11. The number of nitrogens with one attached hydrogen (secondary N) is 2. The summed E-state index contributed by atoms with van der Waals surface area (Å²) in [6.07, 6.45) is 3.51. The number of nitrogens with zero attached hydrogens (tertiary/aromatic N) is 1. The van der Waals surface area contributed by atoms with E-state index in [1.165, 1.54) is 6.20 Å². The summed E-state index contributed by atoms with van der Waals surface area (Å²) < 4.78 is 0. The van der Waals surface area contributed by atoms with Gasteiger partial charge < -0.3 is 10.3 Å². The third-order valence-electron chi connectivity index (χ3n) is 4.65. The van der Waals surface area contributed by atoms with Crippen molar-refractivity contribution in [3.8, 4) is 0 Å². The maximum absolute atomic E-state index is 12.5. The Kier molecular flexibility index (Phi) is 4.90. The molecule has 1 unspecified atom stereocenters. The number of fused-ring (bicyclic) bond motifs is 1. The monoisotopic (exact) mass is 375 g/mol. The first-order chi connectivity index (χ1) is 13.2. The number of para-hydroxylation sites is 1. The van der Waals surface area contributed by atoms with E-state index in [4.69, 9.17) is 11.6 Å². The molecular formula is C22H18ClN3O. The largest absolute Gasteiger partial charge is 0.361 e. The van der Waals surface area contributed by atoms with E-state index in [0.29, 0.717) is 17.3 Å². The predicted molar refractivity (Wildman–Crippen MR) is 108 cm³/mol. The van der Waals surface area contributed by atoms with Crippen molar-refractivity contribution >= 4 is 28.4 Å². The smallest absolute Gasteiger partial charge is 0.252 e. The molecule has 4 rings (SSSR count). The second-order valence-electron chi connectivity index (χ2n) is 6.33. The zero-order valence-electron chi connectivity index (χ0n) is 14.5. The van der Waals surface area contributed by atoms with E-state index in [0.717, 1.165) is 22.0 Å². The molecule has 0 saturated heterocycles. The molecule has 0 aliphatic carbocycles. The maximum Gasteiger partial charge on any atom is 0.252 e. The second-order valence-corrected chi connectivity index (χ2v) is 6.72. The van der Waals surface area contributed by atoms with E-state index in [9.17, 15) is 4.79 Å². The first-order valence-electron chi connectivity index (χ1n) is 8.73. The van der Waals surface area contributed by atoms with E-state index in [-0.39, 0.29) is 11.8 Å². The normalized spacial score (nSPS) is 12.0. The third-order valence-corrected chi connectivity index (χ3v) is 4.88. The fourth-order valence-corrected chi connectivity index (χ4v) is 3.39. The minimum atomic E-state index is -0.167. The fourth-order valence-electron chi connectivity index (χ4n) is 3.28. The predicted octanol–water partition coefficient (Wildman–Crippen LogP) is 4.78. The van der Waals surface area contributed by atoms with Gasteiger partial charge in [0.25, 0.3) is 5.91 Å². The van der Waals surface area contributed by atoms with Crippen molar-refractivity contribution in [2.24, 2.45) is 0 Å². The quantitative estimate of drug-likeness (QED) is 0.493. The first kappa shape index (κ1) is 17.3. The summed E-state index contributed by atoms with van der Waals surface area (Å²) >= 11 is 5.80. The molecule has 134 valence electrons. The van der Waals surface area contributed by atoms with E-state index in [2.05, 4.69) is 39.6 Å². The number of rotatable bonds is 5. The Balaban J connectivity index is 1.63. The highest BCUT2D eigenvalue weighted by Crippen LogP contribution is 2.30. The van der Waals surface area contributed by atoms with Gasteiger partial charge in [0.2, 0.25) is 0 Å². The van der Waals surface area contributed by atoms with Gasteiger partial charge in [-0.3, -0.25) is 4.79 Å². The molecule has 2 aromatic heterocycles. The molecule has 0 bridgehead atoms. The van der Waals surface area contributed by atoms with Gasteiger partial charge in [-0.2, -0.15) is 0 Å². The second kappa shape index (κ2) is 7.64. The number of H-pyrrole nitrogens is 1. The van der Waals surface area contributed by atoms with Gasteiger partial charge in [-0.05, 0) is 29.3 Å². The zero-order chi connectivity index (χ0) is 18.6. The SMILES string of the molecule is O=C(NCC(c1ccccc1)c1c[nH]c2ccccc12)c1ccc(Cl)nc1. The number of hydrogen-bond donors (Lipinski definition) is 2. The average Bonchev–Trinajstić information content (AvgIpc) is 3.13. The molecule has 0 aliphatic rings. The Morgan fingerprint density at radius 2 is 1.81 bits per heavy atom. The van der Waals surface area contributed by atoms with Crippen molar-refractivity contribution in [3.63, 3.8) is 0 Å². The summed E-state index contributed by atoms with van der Waals surface area (Å²) in [5, 5.41) is 4.56. The highest BCUT2D eigenvalue weighted by Gasteiger charge is 2.19. The number of aromatic nitrogens is 2. The van der Waals surface area contributed by atoms with Crippen LogP contribution in [0, 0.1) is 0 Å². The van der Waals surface area contributed by atoms with Crippen molar-refractivity contribution in [1.82, 2.24) is 15.3 Å². The van der Waals surface area contributed by atoms with Crippen LogP contribution < -0.4 is 5.32 Å². The van der Waals surface area contributed by atoms with Crippen LogP contribution in [-0.2, 0) is 0 Å². The lowest BCUT2D eigenvalue weighted by Gasteiger charge is -2.18. The number of benzene rings is 2. The van der Waals surface area contributed by atoms with Crippen LogP contribution in [0.2, 0.25) is 5.15 Å². The Morgan fingerprint density at radius 1 is 1.04 bits per heavy atom. The van der Waals surface area contributed by atoms with Gasteiger partial charge in [-0.1, -0.05) is 60.1 Å². The van der Waals surface area contributed by atoms with Crippen LogP contribution in [-0.4, -0.2) is 22.4 Å². The van der Waals surface area contributed by atoms with Crippen molar-refractivity contribution < 1.29 is 4.79 Å². The van der Waals surface area contributed by atoms with Gasteiger partial charge in [0.15, 0.2) is 0 Å². The van der Waals surface area contributed by atoms with Crippen LogP contribution in [0.4, 0.5) is 0 Å². The summed E-state index contributed by atoms with van der Waals surface area (Å²) in [4.78, 5) is 19.8. The number of aromatic amines is 1. The number of amides is 1. The molecule has 0 aliphatic heterocycles. The van der Waals surface area contributed by atoms with Crippen molar-refractivity contribution in [2.75, 3.05) is 6.54 Å². The topological polar surface area (TPSA) is 57.8 Å². The van der Waals surface area contributed by atoms with Gasteiger partial charge in [-0.15, -0.1) is 0 Å². The summed E-state index contributed by atoms with van der Waals surface area (Å²) in [5.74, 6) is -0.133. The van der Waals surface area contributed by atoms with Gasteiger partial charge in [0.1, 0.15) is 5.15 Å². The zero-order valence-corrected chi connectivity index (χ0v) is 15.3. The average molecular weight is 376 g/mol. The van der Waals surface area contributed by atoms with Gasteiger partial charge in [-0.25, -0.2) is 4.98 Å². The standard InChI is InChI=1S/C22H18ClN3O/c23-21-11-10-16(12-25-21)22(27)26-13-18(15-6-2-1-3-7-15)19-14-24-20-9-5-4-8-17(19)20/h1-12,14,18,24H,13H2,(H,26,27). The molecule has 1 amide bonds. The minimum absolute atomic E-state index is 0.0339. The van der Waals surface area contributed by atoms with Crippen LogP contribution in [0.1, 0.15) is 27.4 Å². The van der Waals surface area contributed by atoms with Crippen molar-refractivity contribution in [1.29, 1.82) is 0 Å². The molecule has 27 heavy (non-hydrogen) atoms. The van der Waals surface area contributed by atoms with Crippen LogP contribution >= 0.6 is 11.6 Å². The summed E-state index contributed by atoms with van der Waals surface area (Å²) in [5.41, 5.74) is 3.88. The fraction of sp³-hybridized carbons (Fsp3) is 0.0909. The van der Waals surface area contributed by atoms with Crippen LogP contribution in [0.3, 0.4) is 0 Å². The molecule has 2 aromatic carbocycles. The van der Waals surface area contributed by atoms with Gasteiger partial charge in [0.05, 0.1) is 5.56 Å². The summed E-state index contributed by atoms with van der Waals surface area (Å²) in [6, 6.07) is 21.7. The molecule has 4 aromatic rings. The van der Waals surface area contributed by atoms with Crippen LogP contribution in [0.5, 0.6) is 0 Å². The Labute approximate surface area is 162 Å². The van der Waals surface area contributed by atoms with E-state index in [1.54, 1.807) is 12.1 Å². The van der Waals surface area contributed by atoms with Crippen LogP contribution in [0.25, 0.3) is 10.9 Å².